The Morgan fingerprint density at radius 3 is 1.96 bits per heavy atom. The van der Waals surface area contributed by atoms with E-state index < -0.39 is 18.0 Å². The first kappa shape index (κ1) is 22.6. The number of aliphatic hydroxyl groups is 1. The van der Waals surface area contributed by atoms with Crippen LogP contribution in [0, 0.1) is 0 Å². The van der Waals surface area contributed by atoms with Gasteiger partial charge in [0.1, 0.15) is 12.7 Å². The highest BCUT2D eigenvalue weighted by Gasteiger charge is 2.38. The van der Waals surface area contributed by atoms with Crippen molar-refractivity contribution in [2.75, 3.05) is 6.61 Å². The molecule has 1 heterocycles. The van der Waals surface area contributed by atoms with Gasteiger partial charge in [0.05, 0.1) is 6.10 Å². The largest absolute Gasteiger partial charge is 0.390 e. The van der Waals surface area contributed by atoms with Crippen molar-refractivity contribution < 1.29 is 19.4 Å². The van der Waals surface area contributed by atoms with Crippen molar-refractivity contribution in [1.29, 1.82) is 0 Å². The summed E-state index contributed by atoms with van der Waals surface area (Å²) in [6.45, 7) is 5.85. The fraction of sp³-hybridized carbons (Fsp3) is 0.952. The Kier molecular flexibility index (Phi) is 11.6. The number of hydrogen-bond donors (Lipinski definition) is 1. The van der Waals surface area contributed by atoms with Crippen molar-refractivity contribution >= 4 is 5.78 Å². The zero-order valence-electron chi connectivity index (χ0n) is 16.7. The maximum absolute atomic E-state index is 11.8. The summed E-state index contributed by atoms with van der Waals surface area (Å²) in [6.07, 6.45) is 14.7. The van der Waals surface area contributed by atoms with Crippen LogP contribution in [0.3, 0.4) is 0 Å². The highest BCUT2D eigenvalue weighted by molar-refractivity contribution is 5.85. The number of hydrogen-bond acceptors (Lipinski definition) is 4. The number of carbonyl (C=O) groups excluding carboxylic acids is 1. The molecule has 4 heteroatoms. The lowest BCUT2D eigenvalue weighted by molar-refractivity contribution is -0.271. The summed E-state index contributed by atoms with van der Waals surface area (Å²) in [5.41, 5.74) is 0. The third-order valence-electron chi connectivity index (χ3n) is 4.99. The summed E-state index contributed by atoms with van der Waals surface area (Å²) in [5.74, 6) is -0.929. The number of ether oxygens (including phenoxy) is 2. The molecule has 148 valence electrons. The van der Waals surface area contributed by atoms with Crippen molar-refractivity contribution in [2.45, 2.75) is 122 Å². The van der Waals surface area contributed by atoms with Crippen LogP contribution in [0.5, 0.6) is 0 Å². The van der Waals surface area contributed by atoms with Gasteiger partial charge in [0.15, 0.2) is 11.6 Å². The molecule has 0 aliphatic carbocycles. The first-order valence-electron chi connectivity index (χ1n) is 10.5. The van der Waals surface area contributed by atoms with E-state index >= 15 is 0 Å². The lowest BCUT2D eigenvalue weighted by atomic mass is 10.00. The van der Waals surface area contributed by atoms with E-state index in [2.05, 4.69) is 6.92 Å². The highest BCUT2D eigenvalue weighted by Crippen LogP contribution is 2.24. The molecule has 1 fully saturated rings. The van der Waals surface area contributed by atoms with Gasteiger partial charge in [-0.25, -0.2) is 0 Å². The average molecular weight is 357 g/mol. The highest BCUT2D eigenvalue weighted by atomic mass is 16.7. The zero-order valence-corrected chi connectivity index (χ0v) is 16.7. The minimum Gasteiger partial charge on any atom is -0.390 e. The Balaban J connectivity index is 1.96. The van der Waals surface area contributed by atoms with Crippen molar-refractivity contribution in [2.24, 2.45) is 0 Å². The van der Waals surface area contributed by atoms with E-state index in [1.165, 1.54) is 64.2 Å². The van der Waals surface area contributed by atoms with Gasteiger partial charge < -0.3 is 14.6 Å². The van der Waals surface area contributed by atoms with E-state index in [-0.39, 0.29) is 12.4 Å². The molecule has 1 aliphatic heterocycles. The van der Waals surface area contributed by atoms with Crippen LogP contribution in [0.15, 0.2) is 0 Å². The Labute approximate surface area is 154 Å². The number of aliphatic hydroxyl groups excluding tert-OH is 1. The molecule has 1 rings (SSSR count). The molecule has 0 bridgehead atoms. The molecule has 1 N–H and O–H groups in total. The fourth-order valence-corrected chi connectivity index (χ4v) is 3.37. The van der Waals surface area contributed by atoms with Crippen LogP contribution < -0.4 is 0 Å². The second-order valence-electron chi connectivity index (χ2n) is 7.94. The van der Waals surface area contributed by atoms with Crippen LogP contribution in [-0.4, -0.2) is 35.5 Å². The summed E-state index contributed by atoms with van der Waals surface area (Å²) >= 11 is 0. The van der Waals surface area contributed by atoms with Crippen LogP contribution >= 0.6 is 0 Å². The number of Topliss-reactive ketones (excluding diaryl/α,β-unsaturated/α-hetero) is 1. The number of unbranched alkanes of at least 4 members (excludes halogenated alkanes) is 11. The first-order chi connectivity index (χ1) is 12.0. The minimum atomic E-state index is -0.782. The van der Waals surface area contributed by atoms with Gasteiger partial charge in [-0.2, -0.15) is 0 Å². The molecular formula is C21H40O4. The van der Waals surface area contributed by atoms with E-state index in [0.29, 0.717) is 6.42 Å². The van der Waals surface area contributed by atoms with Crippen LogP contribution in [0.1, 0.15) is 104 Å². The van der Waals surface area contributed by atoms with Crippen molar-refractivity contribution in [3.05, 3.63) is 0 Å². The summed E-state index contributed by atoms with van der Waals surface area (Å²) in [7, 11) is 0. The summed E-state index contributed by atoms with van der Waals surface area (Å²) < 4.78 is 10.9. The van der Waals surface area contributed by atoms with E-state index in [0.717, 1.165) is 12.8 Å². The Morgan fingerprint density at radius 1 is 0.960 bits per heavy atom. The molecule has 1 aliphatic rings. The molecule has 25 heavy (non-hydrogen) atoms. The van der Waals surface area contributed by atoms with Gasteiger partial charge in [-0.3, -0.25) is 4.79 Å². The predicted molar refractivity (Wildman–Crippen MR) is 102 cm³/mol. The van der Waals surface area contributed by atoms with Gasteiger partial charge in [-0.1, -0.05) is 84.0 Å². The average Bonchev–Trinajstić information content (AvgIpc) is 2.58. The molecule has 2 atom stereocenters. The maximum atomic E-state index is 11.8. The number of ketones is 1. The molecule has 4 nitrogen and oxygen atoms in total. The normalized spacial score (nSPS) is 21.4. The first-order valence-corrected chi connectivity index (χ1v) is 10.5. The van der Waals surface area contributed by atoms with E-state index in [1.807, 2.05) is 0 Å². The van der Waals surface area contributed by atoms with Crippen molar-refractivity contribution in [3.63, 3.8) is 0 Å². The van der Waals surface area contributed by atoms with Crippen LogP contribution in [0.25, 0.3) is 0 Å². The van der Waals surface area contributed by atoms with E-state index in [1.54, 1.807) is 13.8 Å². The smallest absolute Gasteiger partial charge is 0.190 e. The summed E-state index contributed by atoms with van der Waals surface area (Å²) in [5, 5.41) is 10.2. The Bertz CT molecular complexity index is 354. The molecule has 1 unspecified atom stereocenters. The number of rotatable bonds is 14. The minimum absolute atomic E-state index is 0.0349. The third-order valence-corrected chi connectivity index (χ3v) is 4.99. The van der Waals surface area contributed by atoms with Gasteiger partial charge in [-0.05, 0) is 20.3 Å². The summed E-state index contributed by atoms with van der Waals surface area (Å²) in [6, 6.07) is 0. The van der Waals surface area contributed by atoms with E-state index in [9.17, 15) is 9.90 Å². The second kappa shape index (κ2) is 12.8. The van der Waals surface area contributed by atoms with Gasteiger partial charge in [0.2, 0.25) is 0 Å². The van der Waals surface area contributed by atoms with Crippen molar-refractivity contribution in [1.82, 2.24) is 0 Å². The molecular weight excluding hydrogens is 316 g/mol. The third kappa shape index (κ3) is 10.3. The quantitative estimate of drug-likeness (QED) is 0.437. The van der Waals surface area contributed by atoms with Crippen LogP contribution in [0.2, 0.25) is 0 Å². The maximum Gasteiger partial charge on any atom is 0.190 e. The zero-order chi connectivity index (χ0) is 18.5. The second-order valence-corrected chi connectivity index (χ2v) is 7.94. The van der Waals surface area contributed by atoms with Gasteiger partial charge >= 0.3 is 0 Å². The molecule has 0 aromatic carbocycles. The lowest BCUT2D eigenvalue weighted by Gasteiger charge is -2.36. The molecule has 0 aromatic rings. The predicted octanol–water partition coefficient (Wildman–Crippen LogP) is 5.16. The fourth-order valence-electron chi connectivity index (χ4n) is 3.37. The topological polar surface area (TPSA) is 55.8 Å². The SMILES string of the molecule is CCCCCCCCCCCCCCC(O)[C@H]1OC(C)(C)OCC1=O. The molecule has 0 amide bonds. The van der Waals surface area contributed by atoms with Gasteiger partial charge in [0, 0.05) is 0 Å². The summed E-state index contributed by atoms with van der Waals surface area (Å²) in [4.78, 5) is 11.8. The van der Waals surface area contributed by atoms with Crippen LogP contribution in [-0.2, 0) is 14.3 Å². The lowest BCUT2D eigenvalue weighted by Crippen LogP contribution is -2.51. The molecule has 0 saturated carbocycles. The van der Waals surface area contributed by atoms with Gasteiger partial charge in [0.25, 0.3) is 0 Å². The molecule has 1 saturated heterocycles. The number of carbonyl (C=O) groups is 1. The van der Waals surface area contributed by atoms with Crippen molar-refractivity contribution in [3.8, 4) is 0 Å². The van der Waals surface area contributed by atoms with E-state index in [4.69, 9.17) is 9.47 Å². The standard InChI is InChI=1S/C21H40O4/c1-4-5-6-7-8-9-10-11-12-13-14-15-16-18(22)20-19(23)17-24-21(2,3)25-20/h18,20,22H,4-17H2,1-3H3/t18?,20-/m1/s1. The monoisotopic (exact) mass is 356 g/mol. The van der Waals surface area contributed by atoms with Gasteiger partial charge in [-0.15, -0.1) is 0 Å². The Morgan fingerprint density at radius 2 is 1.44 bits per heavy atom. The molecule has 0 radical (unpaired) electrons. The van der Waals surface area contributed by atoms with Crippen LogP contribution in [0.4, 0.5) is 0 Å². The molecule has 0 aromatic heterocycles. The Hall–Kier alpha value is -0.450. The molecule has 0 spiro atoms.